The van der Waals surface area contributed by atoms with Crippen LogP contribution in [0.3, 0.4) is 0 Å². The first-order valence-electron chi connectivity index (χ1n) is 15.6. The number of rotatable bonds is 6. The summed E-state index contributed by atoms with van der Waals surface area (Å²) in [5, 5.41) is 10.6. The van der Waals surface area contributed by atoms with Gasteiger partial charge in [-0.25, -0.2) is 18.1 Å². The topological polar surface area (TPSA) is 83.3 Å². The van der Waals surface area contributed by atoms with Gasteiger partial charge in [0.15, 0.2) is 0 Å². The highest BCUT2D eigenvalue weighted by atomic mass is 35.5. The van der Waals surface area contributed by atoms with E-state index in [1.807, 2.05) is 12.1 Å². The summed E-state index contributed by atoms with van der Waals surface area (Å²) in [7, 11) is 0. The third kappa shape index (κ3) is 6.96. The fourth-order valence-electron chi connectivity index (χ4n) is 6.02. The number of fused-ring (bicyclic) bond motifs is 2. The highest BCUT2D eigenvalue weighted by molar-refractivity contribution is 6.34. The van der Waals surface area contributed by atoms with Crippen molar-refractivity contribution in [1.82, 2.24) is 18.7 Å². The zero-order chi connectivity index (χ0) is 35.9. The molecule has 0 aliphatic carbocycles. The minimum absolute atomic E-state index is 0.0312. The fraction of sp³-hybridized carbons (Fsp3) is 0.257. The van der Waals surface area contributed by atoms with Crippen LogP contribution < -0.4 is 15.9 Å². The maximum atomic E-state index is 14.8. The van der Waals surface area contributed by atoms with Crippen molar-refractivity contribution in [1.29, 1.82) is 0 Å². The van der Waals surface area contributed by atoms with Crippen molar-refractivity contribution in [3.8, 4) is 33.8 Å². The van der Waals surface area contributed by atoms with Crippen LogP contribution >= 0.6 is 58.0 Å². The van der Waals surface area contributed by atoms with Crippen molar-refractivity contribution >= 4 is 63.6 Å². The lowest BCUT2D eigenvalue weighted by Crippen LogP contribution is -2.27. The van der Waals surface area contributed by atoms with Gasteiger partial charge < -0.3 is 9.84 Å². The first-order chi connectivity index (χ1) is 23.9. The molecule has 262 valence electrons. The zero-order valence-corrected chi connectivity index (χ0v) is 30.1. The Labute approximate surface area is 310 Å². The number of benzene rings is 3. The first kappa shape index (κ1) is 36.1. The molecule has 2 aliphatic rings. The van der Waals surface area contributed by atoms with Gasteiger partial charge in [0.2, 0.25) is 0 Å². The largest absolute Gasteiger partial charge is 0.506 e. The predicted molar refractivity (Wildman–Crippen MR) is 194 cm³/mol. The molecule has 50 heavy (non-hydrogen) atoms. The number of phenolic OH excluding ortho intramolecular Hbond substituents is 1. The van der Waals surface area contributed by atoms with E-state index in [4.69, 9.17) is 62.7 Å². The van der Waals surface area contributed by atoms with Gasteiger partial charge in [-0.2, -0.15) is 0 Å². The number of hydrogen-bond donors (Lipinski definition) is 1. The van der Waals surface area contributed by atoms with Crippen LogP contribution in [-0.2, 0) is 26.2 Å². The molecule has 0 saturated heterocycles. The quantitative estimate of drug-likeness (QED) is 0.186. The van der Waals surface area contributed by atoms with Crippen LogP contribution in [0.15, 0.2) is 64.7 Å². The Bertz CT molecular complexity index is 2260. The predicted octanol–water partition coefficient (Wildman–Crippen LogP) is 9.56. The second-order valence-electron chi connectivity index (χ2n) is 11.8. The van der Waals surface area contributed by atoms with Gasteiger partial charge in [0.25, 0.3) is 11.1 Å². The van der Waals surface area contributed by atoms with Gasteiger partial charge in [-0.3, -0.25) is 19.0 Å². The maximum Gasteiger partial charge on any atom is 0.276 e. The van der Waals surface area contributed by atoms with Crippen molar-refractivity contribution in [3.05, 3.63) is 118 Å². The van der Waals surface area contributed by atoms with E-state index in [1.54, 1.807) is 26.2 Å². The minimum atomic E-state index is -0.685. The molecule has 0 spiro atoms. The van der Waals surface area contributed by atoms with Crippen LogP contribution in [0.25, 0.3) is 27.8 Å². The number of ether oxygens (including phenoxy) is 1. The minimum Gasteiger partial charge on any atom is -0.506 e. The molecule has 3 aromatic carbocycles. The van der Waals surface area contributed by atoms with Crippen LogP contribution in [0.1, 0.15) is 31.2 Å². The summed E-state index contributed by atoms with van der Waals surface area (Å²) in [4.78, 5) is 25.2. The van der Waals surface area contributed by atoms with Gasteiger partial charge >= 0.3 is 0 Å². The summed E-state index contributed by atoms with van der Waals surface area (Å²) in [5.74, 6) is -1.37. The summed E-state index contributed by atoms with van der Waals surface area (Å²) >= 11 is 30.5. The number of aromatic hydroxyl groups is 1. The highest BCUT2D eigenvalue weighted by Crippen LogP contribution is 2.37. The molecule has 0 bridgehead atoms. The van der Waals surface area contributed by atoms with E-state index in [2.05, 4.69) is 6.58 Å². The normalized spacial score (nSPS) is 13.7. The number of aromatic nitrogens is 4. The Balaban J connectivity index is 0.000000187. The Morgan fingerprint density at radius 3 is 1.74 bits per heavy atom. The van der Waals surface area contributed by atoms with Gasteiger partial charge in [-0.05, 0) is 73.2 Å². The summed E-state index contributed by atoms with van der Waals surface area (Å²) in [5.41, 5.74) is 1.04. The van der Waals surface area contributed by atoms with Crippen molar-refractivity contribution in [2.45, 2.75) is 51.9 Å². The van der Waals surface area contributed by atoms with Gasteiger partial charge in [0, 0.05) is 42.3 Å². The van der Waals surface area contributed by atoms with E-state index in [-0.39, 0.29) is 71.8 Å². The lowest BCUT2D eigenvalue weighted by atomic mass is 10.1. The molecule has 0 unspecified atom stereocenters. The molecule has 2 aliphatic heterocycles. The standard InChI is InChI=1S/C22H18Cl3FN2O2.C13H11Cl2FN2O2/c1-13(14-5-4-6-15(23)9-14)12-30-19-10-16(18(26)11-17(19)24)20-21(25)27-7-2-3-8-28(27)22(20)29;14-8-6-9(16)7(5-10(8)19)11-12(15)17-3-1-2-4-18(17)13(11)20/h4-6,9-11H,1-3,7-8,12H2;5-6,19H,1-4H2. The molecule has 0 radical (unpaired) electrons. The van der Waals surface area contributed by atoms with Crippen LogP contribution in [0, 0.1) is 11.6 Å². The molecule has 4 heterocycles. The Kier molecular flexibility index (Phi) is 10.8. The molecule has 7 rings (SSSR count). The van der Waals surface area contributed by atoms with Gasteiger partial charge in [0.1, 0.15) is 40.0 Å². The lowest BCUT2D eigenvalue weighted by molar-refractivity contribution is 0.356. The van der Waals surface area contributed by atoms with Crippen molar-refractivity contribution in [2.75, 3.05) is 6.61 Å². The molecular formula is C35H29Cl5F2N4O4. The Hall–Kier alpha value is -3.67. The number of hydrogen-bond acceptors (Lipinski definition) is 4. The second kappa shape index (κ2) is 14.9. The van der Waals surface area contributed by atoms with E-state index in [0.29, 0.717) is 36.8 Å². The number of halogens is 7. The van der Waals surface area contributed by atoms with E-state index in [0.717, 1.165) is 49.4 Å². The molecule has 0 saturated carbocycles. The lowest BCUT2D eigenvalue weighted by Gasteiger charge is -2.17. The van der Waals surface area contributed by atoms with Crippen LogP contribution in [0.4, 0.5) is 8.78 Å². The SMILES string of the molecule is C=C(COc1cc(-c2c(Cl)n3n(c2=O)CCCC3)c(F)cc1Cl)c1cccc(Cl)c1.O=c1c(-c2cc(O)c(Cl)cc2F)c(Cl)n2n1CCCC2. The molecule has 5 aromatic rings. The van der Waals surface area contributed by atoms with Crippen LogP contribution in [0.2, 0.25) is 25.4 Å². The molecule has 1 N–H and O–H groups in total. The Morgan fingerprint density at radius 2 is 1.22 bits per heavy atom. The molecule has 0 atom stereocenters. The average Bonchev–Trinajstić information content (AvgIpc) is 3.50. The molecule has 0 fully saturated rings. The first-order valence-corrected chi connectivity index (χ1v) is 17.5. The van der Waals surface area contributed by atoms with E-state index >= 15 is 0 Å². The monoisotopic (exact) mass is 782 g/mol. The van der Waals surface area contributed by atoms with E-state index in [9.17, 15) is 23.5 Å². The van der Waals surface area contributed by atoms with Crippen molar-refractivity contribution in [3.63, 3.8) is 0 Å². The third-order valence-electron chi connectivity index (χ3n) is 8.56. The van der Waals surface area contributed by atoms with Crippen molar-refractivity contribution in [2.24, 2.45) is 0 Å². The summed E-state index contributed by atoms with van der Waals surface area (Å²) in [6.07, 6.45) is 3.59. The third-order valence-corrected chi connectivity index (χ3v) is 10.2. The zero-order valence-electron chi connectivity index (χ0n) is 26.3. The number of phenols is 1. The fourth-order valence-corrected chi connectivity index (χ4v) is 7.28. The molecular weight excluding hydrogens is 756 g/mol. The maximum absolute atomic E-state index is 14.8. The van der Waals surface area contributed by atoms with Crippen molar-refractivity contribution < 1.29 is 18.6 Å². The average molecular weight is 785 g/mol. The summed E-state index contributed by atoms with van der Waals surface area (Å²) < 4.78 is 41.0. The second-order valence-corrected chi connectivity index (χ2v) is 13.8. The van der Waals surface area contributed by atoms with Crippen LogP contribution in [-0.4, -0.2) is 30.4 Å². The van der Waals surface area contributed by atoms with E-state index in [1.165, 1.54) is 10.7 Å². The highest BCUT2D eigenvalue weighted by Gasteiger charge is 2.26. The molecule has 0 amide bonds. The number of nitrogens with zero attached hydrogens (tertiary/aromatic N) is 4. The van der Waals surface area contributed by atoms with Gasteiger partial charge in [0.05, 0.1) is 21.2 Å². The Morgan fingerprint density at radius 1 is 0.720 bits per heavy atom. The molecule has 15 heteroatoms. The summed E-state index contributed by atoms with van der Waals surface area (Å²) in [6.45, 7) is 6.46. The van der Waals surface area contributed by atoms with Crippen LogP contribution in [0.5, 0.6) is 11.5 Å². The van der Waals surface area contributed by atoms with Gasteiger partial charge in [-0.1, -0.05) is 76.7 Å². The summed E-state index contributed by atoms with van der Waals surface area (Å²) in [6, 6.07) is 11.9. The van der Waals surface area contributed by atoms with Gasteiger partial charge in [-0.15, -0.1) is 0 Å². The smallest absolute Gasteiger partial charge is 0.276 e. The van der Waals surface area contributed by atoms with E-state index < -0.39 is 11.6 Å². The molecule has 8 nitrogen and oxygen atoms in total. The molecule has 2 aromatic heterocycles.